The molecule has 1 aromatic heterocycles. The van der Waals surface area contributed by atoms with Gasteiger partial charge in [0.05, 0.1) is 12.3 Å². The molecule has 1 aromatic rings. The van der Waals surface area contributed by atoms with Crippen LogP contribution in [-0.4, -0.2) is 23.4 Å². The Hall–Kier alpha value is -1.84. The van der Waals surface area contributed by atoms with Crippen molar-refractivity contribution in [3.8, 4) is 0 Å². The smallest absolute Gasteiger partial charge is 0.330 e. The summed E-state index contributed by atoms with van der Waals surface area (Å²) in [5, 5.41) is 0. The third-order valence-corrected chi connectivity index (χ3v) is 1.83. The van der Waals surface area contributed by atoms with Crippen molar-refractivity contribution in [1.29, 1.82) is 0 Å². The molecule has 0 N–H and O–H groups in total. The summed E-state index contributed by atoms with van der Waals surface area (Å²) in [5.74, 6) is -0.364. The molecule has 0 unspecified atom stereocenters. The highest BCUT2D eigenvalue weighted by Gasteiger charge is 1.97. The highest BCUT2D eigenvalue weighted by molar-refractivity contribution is 5.81. The maximum absolute atomic E-state index is 10.9. The maximum Gasteiger partial charge on any atom is 0.330 e. The lowest BCUT2D eigenvalue weighted by molar-refractivity contribution is -0.137. The van der Waals surface area contributed by atoms with Crippen molar-refractivity contribution >= 4 is 12.3 Å². The molecule has 0 radical (unpaired) electrons. The van der Waals surface area contributed by atoms with E-state index in [-0.39, 0.29) is 5.97 Å². The minimum atomic E-state index is -0.364. The predicted molar refractivity (Wildman–Crippen MR) is 55.6 cm³/mol. The zero-order valence-corrected chi connectivity index (χ0v) is 8.55. The van der Waals surface area contributed by atoms with Crippen molar-refractivity contribution < 1.29 is 14.3 Å². The molecule has 4 heteroatoms. The number of aldehydes is 1. The lowest BCUT2D eigenvalue weighted by Crippen LogP contribution is -2.02. The first kappa shape index (κ1) is 11.2. The fraction of sp³-hybridized carbons (Fsp3) is 0.273. The lowest BCUT2D eigenvalue weighted by atomic mass is 10.4. The zero-order chi connectivity index (χ0) is 11.1. The Morgan fingerprint density at radius 3 is 3.07 bits per heavy atom. The molecule has 80 valence electrons. The summed E-state index contributed by atoms with van der Waals surface area (Å²) in [5.41, 5.74) is 0.587. The molecule has 0 aromatic carbocycles. The summed E-state index contributed by atoms with van der Waals surface area (Å²) in [4.78, 5) is 21.5. The first-order chi connectivity index (χ1) is 7.27. The molecular formula is C11H13NO3. The van der Waals surface area contributed by atoms with Gasteiger partial charge in [-0.2, -0.15) is 0 Å². The first-order valence-electron chi connectivity index (χ1n) is 4.71. The standard InChI is InChI=1S/C11H13NO3/c1-2-15-11(14)6-4-8-12-7-3-5-10(12)9-13/h3-7,9H,2,8H2,1H3/b6-4+. The molecule has 0 atom stereocenters. The van der Waals surface area contributed by atoms with E-state index >= 15 is 0 Å². The number of carbonyl (C=O) groups is 2. The molecule has 0 aliphatic heterocycles. The minimum absolute atomic E-state index is 0.364. The average molecular weight is 207 g/mol. The van der Waals surface area contributed by atoms with E-state index in [1.807, 2.05) is 0 Å². The van der Waals surface area contributed by atoms with Crippen molar-refractivity contribution in [3.05, 3.63) is 36.2 Å². The van der Waals surface area contributed by atoms with Gasteiger partial charge < -0.3 is 9.30 Å². The fourth-order valence-corrected chi connectivity index (χ4v) is 1.15. The zero-order valence-electron chi connectivity index (χ0n) is 8.55. The van der Waals surface area contributed by atoms with Crippen LogP contribution in [0.5, 0.6) is 0 Å². The Morgan fingerprint density at radius 2 is 2.40 bits per heavy atom. The number of carbonyl (C=O) groups excluding carboxylic acids is 2. The number of aromatic nitrogens is 1. The Balaban J connectivity index is 2.49. The van der Waals surface area contributed by atoms with E-state index in [1.54, 1.807) is 35.9 Å². The van der Waals surface area contributed by atoms with Crippen LogP contribution in [0.25, 0.3) is 0 Å². The number of hydrogen-bond acceptors (Lipinski definition) is 3. The maximum atomic E-state index is 10.9. The van der Waals surface area contributed by atoms with E-state index in [0.29, 0.717) is 18.8 Å². The van der Waals surface area contributed by atoms with Crippen molar-refractivity contribution in [3.63, 3.8) is 0 Å². The lowest BCUT2D eigenvalue weighted by Gasteiger charge is -1.99. The molecule has 0 saturated heterocycles. The molecule has 15 heavy (non-hydrogen) atoms. The van der Waals surface area contributed by atoms with Gasteiger partial charge in [-0.3, -0.25) is 4.79 Å². The van der Waals surface area contributed by atoms with Gasteiger partial charge in [0.2, 0.25) is 0 Å². The summed E-state index contributed by atoms with van der Waals surface area (Å²) >= 11 is 0. The average Bonchev–Trinajstić information content (AvgIpc) is 2.66. The van der Waals surface area contributed by atoms with E-state index < -0.39 is 0 Å². The number of hydrogen-bond donors (Lipinski definition) is 0. The first-order valence-corrected chi connectivity index (χ1v) is 4.71. The molecule has 0 aliphatic carbocycles. The number of rotatable bonds is 5. The van der Waals surface area contributed by atoms with Crippen LogP contribution in [0.15, 0.2) is 30.5 Å². The van der Waals surface area contributed by atoms with Crippen LogP contribution < -0.4 is 0 Å². The van der Waals surface area contributed by atoms with Crippen LogP contribution in [0.3, 0.4) is 0 Å². The Kier molecular flexibility index (Phi) is 4.34. The second-order valence-corrected chi connectivity index (χ2v) is 2.86. The van der Waals surface area contributed by atoms with E-state index in [1.165, 1.54) is 6.08 Å². The van der Waals surface area contributed by atoms with Crippen molar-refractivity contribution in [1.82, 2.24) is 4.57 Å². The summed E-state index contributed by atoms with van der Waals surface area (Å²) in [6, 6.07) is 3.49. The number of nitrogens with zero attached hydrogens (tertiary/aromatic N) is 1. The van der Waals surface area contributed by atoms with Crippen LogP contribution in [0, 0.1) is 0 Å². The van der Waals surface area contributed by atoms with E-state index in [9.17, 15) is 9.59 Å². The Morgan fingerprint density at radius 1 is 1.60 bits per heavy atom. The van der Waals surface area contributed by atoms with Gasteiger partial charge in [0.1, 0.15) is 0 Å². The van der Waals surface area contributed by atoms with E-state index in [0.717, 1.165) is 6.29 Å². The highest BCUT2D eigenvalue weighted by atomic mass is 16.5. The molecule has 0 saturated carbocycles. The number of allylic oxidation sites excluding steroid dienone is 1. The third kappa shape index (κ3) is 3.42. The van der Waals surface area contributed by atoms with Crippen molar-refractivity contribution in [2.24, 2.45) is 0 Å². The fourth-order valence-electron chi connectivity index (χ4n) is 1.15. The van der Waals surface area contributed by atoms with Gasteiger partial charge in [0.15, 0.2) is 6.29 Å². The second kappa shape index (κ2) is 5.80. The number of esters is 1. The summed E-state index contributed by atoms with van der Waals surface area (Å²) < 4.78 is 6.45. The van der Waals surface area contributed by atoms with Crippen LogP contribution in [0.2, 0.25) is 0 Å². The molecule has 0 bridgehead atoms. The van der Waals surface area contributed by atoms with Crippen molar-refractivity contribution in [2.75, 3.05) is 6.61 Å². The quantitative estimate of drug-likeness (QED) is 0.417. The SMILES string of the molecule is CCOC(=O)/C=C/Cn1cccc1C=O. The van der Waals surface area contributed by atoms with Gasteiger partial charge in [0.25, 0.3) is 0 Å². The van der Waals surface area contributed by atoms with Crippen LogP contribution >= 0.6 is 0 Å². The van der Waals surface area contributed by atoms with Gasteiger partial charge >= 0.3 is 5.97 Å². The normalized spacial score (nSPS) is 10.5. The predicted octanol–water partition coefficient (Wildman–Crippen LogP) is 1.42. The molecule has 1 rings (SSSR count). The van der Waals surface area contributed by atoms with Crippen LogP contribution in [0.4, 0.5) is 0 Å². The van der Waals surface area contributed by atoms with Crippen LogP contribution in [-0.2, 0) is 16.1 Å². The molecule has 0 fully saturated rings. The molecule has 0 spiro atoms. The Bertz CT molecular complexity index is 366. The van der Waals surface area contributed by atoms with Gasteiger partial charge in [-0.1, -0.05) is 6.08 Å². The molecule has 0 amide bonds. The third-order valence-electron chi connectivity index (χ3n) is 1.83. The summed E-state index contributed by atoms with van der Waals surface area (Å²) in [7, 11) is 0. The number of ether oxygens (including phenoxy) is 1. The van der Waals surface area contributed by atoms with E-state index in [2.05, 4.69) is 0 Å². The molecule has 0 aliphatic rings. The summed E-state index contributed by atoms with van der Waals surface area (Å²) in [6.07, 6.45) is 5.57. The van der Waals surface area contributed by atoms with E-state index in [4.69, 9.17) is 4.74 Å². The highest BCUT2D eigenvalue weighted by Crippen LogP contribution is 1.99. The Labute approximate surface area is 88.2 Å². The van der Waals surface area contributed by atoms with Gasteiger partial charge in [0, 0.05) is 18.8 Å². The second-order valence-electron chi connectivity index (χ2n) is 2.86. The molecule has 1 heterocycles. The van der Waals surface area contributed by atoms with Crippen molar-refractivity contribution in [2.45, 2.75) is 13.5 Å². The topological polar surface area (TPSA) is 48.3 Å². The van der Waals surface area contributed by atoms with Gasteiger partial charge in [-0.25, -0.2) is 4.79 Å². The minimum Gasteiger partial charge on any atom is -0.463 e. The summed E-state index contributed by atoms with van der Waals surface area (Å²) in [6.45, 7) is 2.61. The monoisotopic (exact) mass is 207 g/mol. The van der Waals surface area contributed by atoms with Gasteiger partial charge in [-0.05, 0) is 19.1 Å². The largest absolute Gasteiger partial charge is 0.463 e. The van der Waals surface area contributed by atoms with Gasteiger partial charge in [-0.15, -0.1) is 0 Å². The molecular weight excluding hydrogens is 194 g/mol. The van der Waals surface area contributed by atoms with Crippen LogP contribution in [0.1, 0.15) is 17.4 Å². The molecule has 4 nitrogen and oxygen atoms in total.